The second kappa shape index (κ2) is 4.18. The first kappa shape index (κ1) is 9.16. The molecule has 0 unspecified atom stereocenters. The summed E-state index contributed by atoms with van der Waals surface area (Å²) in [7, 11) is 1.98. The lowest BCUT2D eigenvalue weighted by molar-refractivity contribution is 0.367. The van der Waals surface area contributed by atoms with Crippen molar-refractivity contribution in [1.82, 2.24) is 4.98 Å². The molecule has 1 heterocycles. The number of aromatic nitrogens is 1. The molecule has 1 N–H and O–H groups in total. The van der Waals surface area contributed by atoms with Crippen LogP contribution in [0.4, 0.5) is 0 Å². The summed E-state index contributed by atoms with van der Waals surface area (Å²) in [6, 6.07) is 1.49. The van der Waals surface area contributed by atoms with Crippen LogP contribution in [0.5, 0.6) is 11.6 Å². The first-order valence-corrected chi connectivity index (χ1v) is 3.48. The van der Waals surface area contributed by atoms with E-state index in [4.69, 9.17) is 21.4 Å². The van der Waals surface area contributed by atoms with Gasteiger partial charge in [-0.3, -0.25) is 0 Å². The SMILES string of the molecule is COc1ncc(Cl)cc1O[B]O. The molecule has 1 aromatic rings. The van der Waals surface area contributed by atoms with Gasteiger partial charge in [-0.05, 0) is 0 Å². The van der Waals surface area contributed by atoms with Crippen LogP contribution < -0.4 is 9.39 Å². The summed E-state index contributed by atoms with van der Waals surface area (Å²) in [5.41, 5.74) is 0. The van der Waals surface area contributed by atoms with Gasteiger partial charge >= 0.3 is 7.69 Å². The van der Waals surface area contributed by atoms with Gasteiger partial charge in [0.05, 0.1) is 12.1 Å². The molecule has 1 rings (SSSR count). The largest absolute Gasteiger partial charge is 0.569 e. The Morgan fingerprint density at radius 1 is 1.67 bits per heavy atom. The highest BCUT2D eigenvalue weighted by Crippen LogP contribution is 2.26. The van der Waals surface area contributed by atoms with Crippen LogP contribution in [0.2, 0.25) is 5.02 Å². The third kappa shape index (κ3) is 2.02. The van der Waals surface area contributed by atoms with E-state index in [1.807, 2.05) is 0 Å². The molecule has 0 amide bonds. The van der Waals surface area contributed by atoms with Crippen LogP contribution in [0.25, 0.3) is 0 Å². The van der Waals surface area contributed by atoms with E-state index in [0.717, 1.165) is 0 Å². The maximum Gasteiger partial charge on any atom is 0.569 e. The summed E-state index contributed by atoms with van der Waals surface area (Å²) in [5.74, 6) is 0.539. The summed E-state index contributed by atoms with van der Waals surface area (Å²) in [6.45, 7) is 0. The number of pyridine rings is 1. The van der Waals surface area contributed by atoms with E-state index < -0.39 is 0 Å². The van der Waals surface area contributed by atoms with Crippen LogP contribution in [0, 0.1) is 0 Å². The molecule has 0 atom stereocenters. The topological polar surface area (TPSA) is 51.6 Å². The molecule has 1 aromatic heterocycles. The molecule has 12 heavy (non-hydrogen) atoms. The number of ether oxygens (including phenoxy) is 1. The molecule has 0 aromatic carbocycles. The Balaban J connectivity index is 2.95. The molecule has 0 saturated carbocycles. The lowest BCUT2D eigenvalue weighted by Gasteiger charge is -2.06. The zero-order valence-electron chi connectivity index (χ0n) is 6.32. The van der Waals surface area contributed by atoms with Crippen molar-refractivity contribution in [2.75, 3.05) is 7.11 Å². The summed E-state index contributed by atoms with van der Waals surface area (Å²) in [6.07, 6.45) is 1.42. The highest BCUT2D eigenvalue weighted by atomic mass is 35.5. The molecule has 6 heteroatoms. The number of hydrogen-bond donors (Lipinski definition) is 1. The number of methoxy groups -OCH3 is 1. The van der Waals surface area contributed by atoms with Gasteiger partial charge in [0, 0.05) is 12.3 Å². The number of rotatable bonds is 3. The third-order valence-electron chi connectivity index (χ3n) is 1.16. The molecule has 0 spiro atoms. The number of hydrogen-bond acceptors (Lipinski definition) is 4. The van der Waals surface area contributed by atoms with Crippen LogP contribution in [-0.2, 0) is 0 Å². The van der Waals surface area contributed by atoms with Crippen molar-refractivity contribution in [3.05, 3.63) is 17.3 Å². The first-order chi connectivity index (χ1) is 5.77. The van der Waals surface area contributed by atoms with Gasteiger partial charge in [0.15, 0.2) is 5.75 Å². The van der Waals surface area contributed by atoms with Crippen molar-refractivity contribution in [3.63, 3.8) is 0 Å². The fraction of sp³-hybridized carbons (Fsp3) is 0.167. The van der Waals surface area contributed by atoms with Gasteiger partial charge in [0.25, 0.3) is 5.88 Å². The zero-order chi connectivity index (χ0) is 8.97. The molecule has 63 valence electrons. The van der Waals surface area contributed by atoms with Crippen LogP contribution >= 0.6 is 11.6 Å². The average molecular weight is 186 g/mol. The van der Waals surface area contributed by atoms with E-state index in [1.165, 1.54) is 19.4 Å². The quantitative estimate of drug-likeness (QED) is 0.704. The van der Waals surface area contributed by atoms with E-state index in [1.54, 1.807) is 0 Å². The Kier molecular flexibility index (Phi) is 3.19. The van der Waals surface area contributed by atoms with Gasteiger partial charge in [0.1, 0.15) is 0 Å². The minimum absolute atomic E-state index is 0.268. The molecular formula is C6H6BClNO3. The fourth-order valence-electron chi connectivity index (χ4n) is 0.703. The fourth-order valence-corrected chi connectivity index (χ4v) is 0.851. The van der Waals surface area contributed by atoms with Crippen LogP contribution in [-0.4, -0.2) is 24.8 Å². The van der Waals surface area contributed by atoms with E-state index in [2.05, 4.69) is 9.64 Å². The molecule has 0 saturated heterocycles. The Hall–Kier alpha value is -0.935. The molecule has 4 nitrogen and oxygen atoms in total. The Labute approximate surface area is 75.4 Å². The predicted molar refractivity (Wildman–Crippen MR) is 44.4 cm³/mol. The monoisotopic (exact) mass is 186 g/mol. The van der Waals surface area contributed by atoms with E-state index in [9.17, 15) is 0 Å². The summed E-state index contributed by atoms with van der Waals surface area (Å²) in [4.78, 5) is 3.81. The molecular weight excluding hydrogens is 180 g/mol. The van der Waals surface area contributed by atoms with Crippen molar-refractivity contribution in [3.8, 4) is 11.6 Å². The van der Waals surface area contributed by atoms with Crippen molar-refractivity contribution < 1.29 is 14.4 Å². The molecule has 0 aliphatic carbocycles. The summed E-state index contributed by atoms with van der Waals surface area (Å²) in [5, 5.41) is 8.77. The smallest absolute Gasteiger partial charge is 0.534 e. The molecule has 1 radical (unpaired) electrons. The van der Waals surface area contributed by atoms with E-state index in [0.29, 0.717) is 12.7 Å². The summed E-state index contributed by atoms with van der Waals surface area (Å²) < 4.78 is 9.49. The van der Waals surface area contributed by atoms with Crippen LogP contribution in [0.1, 0.15) is 0 Å². The van der Waals surface area contributed by atoms with Gasteiger partial charge < -0.3 is 14.4 Å². The molecule has 0 fully saturated rings. The molecule has 0 bridgehead atoms. The van der Waals surface area contributed by atoms with Gasteiger partial charge in [-0.15, -0.1) is 0 Å². The second-order valence-corrected chi connectivity index (χ2v) is 2.32. The minimum atomic E-state index is 0.268. The predicted octanol–water partition coefficient (Wildman–Crippen LogP) is 0.649. The van der Waals surface area contributed by atoms with E-state index in [-0.39, 0.29) is 11.6 Å². The third-order valence-corrected chi connectivity index (χ3v) is 1.36. The van der Waals surface area contributed by atoms with Crippen LogP contribution in [0.3, 0.4) is 0 Å². The van der Waals surface area contributed by atoms with Gasteiger partial charge in [0.2, 0.25) is 0 Å². The normalized spacial score (nSPS) is 9.25. The number of nitrogens with zero attached hydrogens (tertiary/aromatic N) is 1. The van der Waals surface area contributed by atoms with Gasteiger partial charge in [-0.25, -0.2) is 4.98 Å². The number of halogens is 1. The highest BCUT2D eigenvalue weighted by Gasteiger charge is 2.06. The van der Waals surface area contributed by atoms with Gasteiger partial charge in [-0.2, -0.15) is 0 Å². The highest BCUT2D eigenvalue weighted by molar-refractivity contribution is 6.30. The lowest BCUT2D eigenvalue weighted by Crippen LogP contribution is -2.02. The van der Waals surface area contributed by atoms with Crippen molar-refractivity contribution in [2.24, 2.45) is 0 Å². The Bertz CT molecular complexity index is 271. The molecule has 0 aliphatic heterocycles. The maximum atomic E-state index is 8.36. The van der Waals surface area contributed by atoms with E-state index >= 15 is 0 Å². The average Bonchev–Trinajstić information content (AvgIpc) is 2.05. The first-order valence-electron chi connectivity index (χ1n) is 3.10. The minimum Gasteiger partial charge on any atom is -0.534 e. The zero-order valence-corrected chi connectivity index (χ0v) is 7.08. The van der Waals surface area contributed by atoms with Crippen molar-refractivity contribution in [2.45, 2.75) is 0 Å². The molecule has 0 aliphatic rings. The standard InChI is InChI=1S/C6H6BClNO3/c1-11-6-5(12-7-10)2-4(8)3-9-6/h2-3,10H,1H3. The van der Waals surface area contributed by atoms with Crippen molar-refractivity contribution in [1.29, 1.82) is 0 Å². The lowest BCUT2D eigenvalue weighted by atomic mass is 10.3. The maximum absolute atomic E-state index is 8.36. The van der Waals surface area contributed by atoms with Crippen molar-refractivity contribution >= 4 is 19.3 Å². The van der Waals surface area contributed by atoms with Crippen LogP contribution in [0.15, 0.2) is 12.3 Å². The Morgan fingerprint density at radius 3 is 3.00 bits per heavy atom. The Morgan fingerprint density at radius 2 is 2.42 bits per heavy atom. The van der Waals surface area contributed by atoms with Gasteiger partial charge in [-0.1, -0.05) is 11.6 Å². The second-order valence-electron chi connectivity index (χ2n) is 1.88. The summed E-state index contributed by atoms with van der Waals surface area (Å²) >= 11 is 5.62.